The van der Waals surface area contributed by atoms with Crippen LogP contribution in [0.4, 0.5) is 5.69 Å². The number of nitrogens with zero attached hydrogens (tertiary/aromatic N) is 1. The average Bonchev–Trinajstić information content (AvgIpc) is 1.85. The molecule has 0 radical (unpaired) electrons. The lowest BCUT2D eigenvalue weighted by Gasteiger charge is -1.98. The highest BCUT2D eigenvalue weighted by Crippen LogP contribution is 2.16. The number of anilines is 1. The predicted octanol–water partition coefficient (Wildman–Crippen LogP) is 1.70. The molecule has 0 aromatic carbocycles. The van der Waals surface area contributed by atoms with Crippen LogP contribution in [0.3, 0.4) is 0 Å². The molecule has 0 fully saturated rings. The van der Waals surface area contributed by atoms with Crippen molar-refractivity contribution >= 4 is 34.1 Å². The number of carbonyl (C=O) groups is 1. The summed E-state index contributed by atoms with van der Waals surface area (Å²) in [5, 5.41) is -0.393. The van der Waals surface area contributed by atoms with E-state index in [4.69, 9.17) is 28.9 Å². The molecule has 0 saturated carbocycles. The number of nitrogens with two attached hydrogens (primary N) is 1. The molecule has 3 nitrogen and oxygen atoms in total. The van der Waals surface area contributed by atoms with Gasteiger partial charge in [-0.15, -0.1) is 0 Å². The summed E-state index contributed by atoms with van der Waals surface area (Å²) in [7, 11) is 0. The summed E-state index contributed by atoms with van der Waals surface area (Å²) in [5.74, 6) is 0. The number of nitrogen functional groups attached to an aromatic ring is 1. The minimum Gasteiger partial charge on any atom is -0.398 e. The molecular formula is C6H4Cl2N2O. The molecule has 5 heteroatoms. The molecule has 0 aliphatic heterocycles. The van der Waals surface area contributed by atoms with Gasteiger partial charge in [-0.2, -0.15) is 0 Å². The zero-order valence-corrected chi connectivity index (χ0v) is 6.86. The third kappa shape index (κ3) is 1.82. The lowest BCUT2D eigenvalue weighted by atomic mass is 10.3. The van der Waals surface area contributed by atoms with E-state index in [1.54, 1.807) is 0 Å². The highest BCUT2D eigenvalue weighted by molar-refractivity contribution is 6.68. The molecule has 0 aliphatic rings. The molecule has 1 heterocycles. The Hall–Kier alpha value is -0.800. The van der Waals surface area contributed by atoms with E-state index in [2.05, 4.69) is 4.98 Å². The van der Waals surface area contributed by atoms with Crippen LogP contribution in [0.5, 0.6) is 0 Å². The van der Waals surface area contributed by atoms with E-state index in [1.165, 1.54) is 12.3 Å². The number of carbonyl (C=O) groups excluding carboxylic acids is 1. The molecule has 0 unspecified atom stereocenters. The van der Waals surface area contributed by atoms with Gasteiger partial charge in [-0.3, -0.25) is 4.79 Å². The van der Waals surface area contributed by atoms with E-state index in [-0.39, 0.29) is 16.4 Å². The van der Waals surface area contributed by atoms with Crippen LogP contribution < -0.4 is 5.73 Å². The Morgan fingerprint density at radius 1 is 1.64 bits per heavy atom. The summed E-state index contributed by atoms with van der Waals surface area (Å²) in [4.78, 5) is 14.2. The largest absolute Gasteiger partial charge is 0.398 e. The van der Waals surface area contributed by atoms with E-state index < -0.39 is 5.24 Å². The van der Waals surface area contributed by atoms with Crippen molar-refractivity contribution in [2.45, 2.75) is 0 Å². The fourth-order valence-corrected chi connectivity index (χ4v) is 0.933. The summed E-state index contributed by atoms with van der Waals surface area (Å²) in [6.07, 6.45) is 1.24. The number of hydrogen-bond acceptors (Lipinski definition) is 3. The SMILES string of the molecule is Nc1cc(Cl)ncc1C(=O)Cl. The van der Waals surface area contributed by atoms with Gasteiger partial charge in [0.05, 0.1) is 5.56 Å². The fourth-order valence-electron chi connectivity index (χ4n) is 0.608. The molecule has 1 aromatic rings. The normalized spacial score (nSPS) is 9.64. The number of hydrogen-bond donors (Lipinski definition) is 1. The highest BCUT2D eigenvalue weighted by Gasteiger charge is 2.06. The van der Waals surface area contributed by atoms with Crippen molar-refractivity contribution in [2.24, 2.45) is 0 Å². The Kier molecular flexibility index (Phi) is 2.31. The van der Waals surface area contributed by atoms with Gasteiger partial charge >= 0.3 is 0 Å². The van der Waals surface area contributed by atoms with Crippen LogP contribution in [0.1, 0.15) is 10.4 Å². The molecule has 1 aromatic heterocycles. The minimum absolute atomic E-state index is 0.177. The fraction of sp³-hybridized carbons (Fsp3) is 0. The molecule has 2 N–H and O–H groups in total. The van der Waals surface area contributed by atoms with E-state index in [0.29, 0.717) is 0 Å². The van der Waals surface area contributed by atoms with Gasteiger partial charge in [-0.05, 0) is 17.7 Å². The maximum Gasteiger partial charge on any atom is 0.256 e. The molecule has 1 rings (SSSR count). The zero-order valence-electron chi connectivity index (χ0n) is 5.34. The van der Waals surface area contributed by atoms with Crippen molar-refractivity contribution in [3.63, 3.8) is 0 Å². The van der Waals surface area contributed by atoms with Crippen LogP contribution >= 0.6 is 23.2 Å². The summed E-state index contributed by atoms with van der Waals surface area (Å²) in [5.41, 5.74) is 5.81. The van der Waals surface area contributed by atoms with Gasteiger partial charge in [-0.1, -0.05) is 11.6 Å². The first-order valence-corrected chi connectivity index (χ1v) is 3.47. The number of rotatable bonds is 1. The van der Waals surface area contributed by atoms with Crippen molar-refractivity contribution in [1.29, 1.82) is 0 Å². The predicted molar refractivity (Wildman–Crippen MR) is 43.8 cm³/mol. The lowest BCUT2D eigenvalue weighted by Crippen LogP contribution is -1.98. The quantitative estimate of drug-likeness (QED) is 0.542. The van der Waals surface area contributed by atoms with Crippen LogP contribution in [0.25, 0.3) is 0 Å². The molecule has 0 spiro atoms. The molecule has 0 bridgehead atoms. The van der Waals surface area contributed by atoms with Crippen LogP contribution in [-0.2, 0) is 0 Å². The lowest BCUT2D eigenvalue weighted by molar-refractivity contribution is 0.108. The van der Waals surface area contributed by atoms with Gasteiger partial charge in [0.1, 0.15) is 5.15 Å². The first-order valence-electron chi connectivity index (χ1n) is 2.72. The monoisotopic (exact) mass is 190 g/mol. The summed E-state index contributed by atoms with van der Waals surface area (Å²) in [6, 6.07) is 1.37. The topological polar surface area (TPSA) is 56.0 Å². The molecule has 11 heavy (non-hydrogen) atoms. The second-order valence-corrected chi connectivity index (χ2v) is 2.60. The molecule has 0 amide bonds. The smallest absolute Gasteiger partial charge is 0.256 e. The molecular weight excluding hydrogens is 187 g/mol. The van der Waals surface area contributed by atoms with Crippen LogP contribution in [0.2, 0.25) is 5.15 Å². The van der Waals surface area contributed by atoms with Crippen molar-refractivity contribution in [3.05, 3.63) is 23.0 Å². The van der Waals surface area contributed by atoms with Crippen molar-refractivity contribution < 1.29 is 4.79 Å². The number of halogens is 2. The highest BCUT2D eigenvalue weighted by atomic mass is 35.5. The Balaban J connectivity index is 3.20. The first-order chi connectivity index (χ1) is 5.11. The summed E-state index contributed by atoms with van der Waals surface area (Å²) < 4.78 is 0. The third-order valence-electron chi connectivity index (χ3n) is 1.11. The zero-order chi connectivity index (χ0) is 8.43. The van der Waals surface area contributed by atoms with Crippen molar-refractivity contribution in [3.8, 4) is 0 Å². The average molecular weight is 191 g/mol. The van der Waals surface area contributed by atoms with E-state index >= 15 is 0 Å². The van der Waals surface area contributed by atoms with Crippen LogP contribution in [0.15, 0.2) is 12.3 Å². The van der Waals surface area contributed by atoms with Gasteiger partial charge < -0.3 is 5.73 Å². The molecule has 58 valence electrons. The van der Waals surface area contributed by atoms with Gasteiger partial charge in [0, 0.05) is 11.9 Å². The van der Waals surface area contributed by atoms with E-state index in [1.807, 2.05) is 0 Å². The van der Waals surface area contributed by atoms with Crippen molar-refractivity contribution in [1.82, 2.24) is 4.98 Å². The standard InChI is InChI=1S/C6H4Cl2N2O/c7-5-1-4(9)3(2-10-5)6(8)11/h1-2H,(H2,9,10). The second-order valence-electron chi connectivity index (χ2n) is 1.87. The Bertz CT molecular complexity index is 301. The van der Waals surface area contributed by atoms with Crippen molar-refractivity contribution in [2.75, 3.05) is 5.73 Å². The maximum absolute atomic E-state index is 10.6. The second kappa shape index (κ2) is 3.07. The van der Waals surface area contributed by atoms with Crippen LogP contribution in [0, 0.1) is 0 Å². The third-order valence-corrected chi connectivity index (χ3v) is 1.52. The Morgan fingerprint density at radius 2 is 2.27 bits per heavy atom. The first kappa shape index (κ1) is 8.30. The van der Waals surface area contributed by atoms with Crippen LogP contribution in [-0.4, -0.2) is 10.2 Å². The maximum atomic E-state index is 10.6. The Labute approximate surface area is 73.1 Å². The number of aromatic nitrogens is 1. The Morgan fingerprint density at radius 3 is 2.73 bits per heavy atom. The summed E-state index contributed by atoms with van der Waals surface area (Å²) in [6.45, 7) is 0. The molecule has 0 atom stereocenters. The summed E-state index contributed by atoms with van der Waals surface area (Å²) >= 11 is 10.6. The molecule has 0 saturated heterocycles. The molecule has 0 aliphatic carbocycles. The van der Waals surface area contributed by atoms with Gasteiger partial charge in [0.25, 0.3) is 5.24 Å². The van der Waals surface area contributed by atoms with Gasteiger partial charge in [0.2, 0.25) is 0 Å². The number of pyridine rings is 1. The van der Waals surface area contributed by atoms with E-state index in [0.717, 1.165) is 0 Å². The van der Waals surface area contributed by atoms with Gasteiger partial charge in [-0.25, -0.2) is 4.98 Å². The van der Waals surface area contributed by atoms with Gasteiger partial charge in [0.15, 0.2) is 0 Å². The minimum atomic E-state index is -0.633. The van der Waals surface area contributed by atoms with E-state index in [9.17, 15) is 4.79 Å².